The molecule has 1 aromatic heterocycles. The number of nitrogens with one attached hydrogen (secondary N) is 1. The van der Waals surface area contributed by atoms with Gasteiger partial charge in [0.1, 0.15) is 0 Å². The van der Waals surface area contributed by atoms with Gasteiger partial charge in [-0.15, -0.1) is 0 Å². The molecular formula is C21H29N5O. The van der Waals surface area contributed by atoms with E-state index in [4.69, 9.17) is 10.5 Å². The molecule has 0 unspecified atom stereocenters. The zero-order valence-electron chi connectivity index (χ0n) is 16.0. The van der Waals surface area contributed by atoms with Gasteiger partial charge in [0.15, 0.2) is 5.96 Å². The molecule has 1 saturated heterocycles. The van der Waals surface area contributed by atoms with Crippen molar-refractivity contribution in [3.05, 3.63) is 47.3 Å². The Morgan fingerprint density at radius 1 is 1.37 bits per heavy atom. The Kier molecular flexibility index (Phi) is 5.43. The minimum Gasteiger partial charge on any atom is -0.373 e. The van der Waals surface area contributed by atoms with Crippen molar-refractivity contribution in [2.75, 3.05) is 18.5 Å². The van der Waals surface area contributed by atoms with Crippen molar-refractivity contribution in [2.45, 2.75) is 51.7 Å². The molecule has 3 N–H and O–H groups in total. The minimum absolute atomic E-state index is 0.0614. The summed E-state index contributed by atoms with van der Waals surface area (Å²) in [6.45, 7) is 4.38. The molecule has 0 saturated carbocycles. The fraction of sp³-hybridized carbons (Fsp3) is 0.524. The van der Waals surface area contributed by atoms with E-state index in [1.807, 2.05) is 10.9 Å². The second-order valence-corrected chi connectivity index (χ2v) is 7.47. The lowest BCUT2D eigenvalue weighted by molar-refractivity contribution is 0.0925. The Hall–Kier alpha value is -2.34. The second kappa shape index (κ2) is 8.13. The van der Waals surface area contributed by atoms with E-state index >= 15 is 0 Å². The highest BCUT2D eigenvalue weighted by atomic mass is 16.5. The SMILES string of the molecule is CCn1cc([C@@H]2OCC[C@H]2CN=C(N)Nc2cccc3c2CCCC3)cn1. The third-order valence-electron chi connectivity index (χ3n) is 5.67. The van der Waals surface area contributed by atoms with Crippen LogP contribution in [0.1, 0.15) is 49.0 Å². The van der Waals surface area contributed by atoms with E-state index in [-0.39, 0.29) is 6.10 Å². The van der Waals surface area contributed by atoms with Gasteiger partial charge in [-0.05, 0) is 56.2 Å². The topological polar surface area (TPSA) is 77.5 Å². The monoisotopic (exact) mass is 367 g/mol. The predicted molar refractivity (Wildman–Crippen MR) is 108 cm³/mol. The van der Waals surface area contributed by atoms with Gasteiger partial charge in [0, 0.05) is 43.1 Å². The molecule has 6 heteroatoms. The summed E-state index contributed by atoms with van der Waals surface area (Å²) in [6, 6.07) is 6.43. The van der Waals surface area contributed by atoms with Crippen molar-refractivity contribution in [1.82, 2.24) is 9.78 Å². The van der Waals surface area contributed by atoms with Crippen molar-refractivity contribution in [3.8, 4) is 0 Å². The van der Waals surface area contributed by atoms with Crippen LogP contribution in [-0.4, -0.2) is 28.9 Å². The van der Waals surface area contributed by atoms with Crippen molar-refractivity contribution in [3.63, 3.8) is 0 Å². The average Bonchev–Trinajstić information content (AvgIpc) is 3.35. The van der Waals surface area contributed by atoms with E-state index < -0.39 is 0 Å². The number of aromatic nitrogens is 2. The van der Waals surface area contributed by atoms with Gasteiger partial charge in [0.2, 0.25) is 0 Å². The lowest BCUT2D eigenvalue weighted by atomic mass is 9.90. The largest absolute Gasteiger partial charge is 0.373 e. The molecule has 1 fully saturated rings. The van der Waals surface area contributed by atoms with Gasteiger partial charge in [-0.2, -0.15) is 5.10 Å². The maximum atomic E-state index is 6.21. The van der Waals surface area contributed by atoms with Crippen molar-refractivity contribution in [1.29, 1.82) is 0 Å². The van der Waals surface area contributed by atoms with E-state index in [1.54, 1.807) is 0 Å². The van der Waals surface area contributed by atoms with E-state index in [1.165, 1.54) is 24.0 Å². The van der Waals surface area contributed by atoms with Crippen molar-refractivity contribution < 1.29 is 4.74 Å². The van der Waals surface area contributed by atoms with Gasteiger partial charge in [-0.25, -0.2) is 0 Å². The zero-order valence-corrected chi connectivity index (χ0v) is 16.0. The lowest BCUT2D eigenvalue weighted by Gasteiger charge is -2.20. The van der Waals surface area contributed by atoms with Crippen LogP contribution in [0.5, 0.6) is 0 Å². The molecule has 1 aromatic carbocycles. The smallest absolute Gasteiger partial charge is 0.193 e. The average molecular weight is 367 g/mol. The number of aliphatic imine (C=N–C) groups is 1. The fourth-order valence-electron chi connectivity index (χ4n) is 4.18. The van der Waals surface area contributed by atoms with Gasteiger partial charge in [0.25, 0.3) is 0 Å². The number of nitrogens with two attached hydrogens (primary N) is 1. The number of anilines is 1. The highest BCUT2D eigenvalue weighted by Crippen LogP contribution is 2.34. The Bertz CT molecular complexity index is 813. The number of hydrogen-bond acceptors (Lipinski definition) is 3. The number of benzene rings is 1. The van der Waals surface area contributed by atoms with Crippen LogP contribution in [-0.2, 0) is 24.1 Å². The summed E-state index contributed by atoms with van der Waals surface area (Å²) in [5.74, 6) is 0.827. The first-order valence-electron chi connectivity index (χ1n) is 10.1. The first-order chi connectivity index (χ1) is 13.2. The molecule has 2 aliphatic rings. The third-order valence-corrected chi connectivity index (χ3v) is 5.67. The molecule has 27 heavy (non-hydrogen) atoms. The summed E-state index contributed by atoms with van der Waals surface area (Å²) >= 11 is 0. The summed E-state index contributed by atoms with van der Waals surface area (Å²) in [5.41, 5.74) is 11.3. The van der Waals surface area contributed by atoms with E-state index in [0.29, 0.717) is 18.4 Å². The van der Waals surface area contributed by atoms with Crippen LogP contribution in [0, 0.1) is 5.92 Å². The van der Waals surface area contributed by atoms with Gasteiger partial charge < -0.3 is 15.8 Å². The summed E-state index contributed by atoms with van der Waals surface area (Å²) in [6.07, 6.45) is 9.84. The summed E-state index contributed by atoms with van der Waals surface area (Å²) in [5, 5.41) is 7.70. The van der Waals surface area contributed by atoms with Crippen LogP contribution in [0.4, 0.5) is 5.69 Å². The Morgan fingerprint density at radius 3 is 3.11 bits per heavy atom. The first-order valence-corrected chi connectivity index (χ1v) is 10.1. The molecule has 0 radical (unpaired) electrons. The van der Waals surface area contributed by atoms with Gasteiger partial charge in [-0.1, -0.05) is 12.1 Å². The molecule has 0 spiro atoms. The maximum Gasteiger partial charge on any atom is 0.193 e. The van der Waals surface area contributed by atoms with Gasteiger partial charge in [-0.3, -0.25) is 9.67 Å². The van der Waals surface area contributed by atoms with E-state index in [2.05, 4.69) is 46.7 Å². The number of rotatable bonds is 5. The van der Waals surface area contributed by atoms with Crippen molar-refractivity contribution >= 4 is 11.6 Å². The van der Waals surface area contributed by atoms with Gasteiger partial charge in [0.05, 0.1) is 12.3 Å². The van der Waals surface area contributed by atoms with Crippen LogP contribution in [0.25, 0.3) is 0 Å². The predicted octanol–water partition coefficient (Wildman–Crippen LogP) is 3.29. The molecular weight excluding hydrogens is 338 g/mol. The summed E-state index contributed by atoms with van der Waals surface area (Å²) in [4.78, 5) is 4.63. The molecule has 4 rings (SSSR count). The highest BCUT2D eigenvalue weighted by molar-refractivity contribution is 5.93. The number of aryl methyl sites for hydroxylation is 2. The molecule has 1 aliphatic heterocycles. The molecule has 1 aliphatic carbocycles. The minimum atomic E-state index is 0.0614. The highest BCUT2D eigenvalue weighted by Gasteiger charge is 2.30. The van der Waals surface area contributed by atoms with Crippen molar-refractivity contribution in [2.24, 2.45) is 16.6 Å². The molecule has 2 heterocycles. The Labute approximate surface area is 160 Å². The molecule has 144 valence electrons. The number of guanidine groups is 1. The first kappa shape index (κ1) is 18.0. The fourth-order valence-corrected chi connectivity index (χ4v) is 4.18. The number of fused-ring (bicyclic) bond motifs is 1. The molecule has 2 atom stereocenters. The van der Waals surface area contributed by atoms with E-state index in [0.717, 1.165) is 43.7 Å². The van der Waals surface area contributed by atoms with E-state index in [9.17, 15) is 0 Å². The van der Waals surface area contributed by atoms with Crippen LogP contribution in [0.3, 0.4) is 0 Å². The standard InChI is InChI=1S/C21H29N5O/c1-2-26-14-17(13-24-26)20-16(10-11-27-20)12-23-21(22)25-19-9-5-7-15-6-3-4-8-18(15)19/h5,7,9,13-14,16,20H,2-4,6,8,10-12H2,1H3,(H3,22,23,25)/t16-,20+/m0/s1. The maximum absolute atomic E-state index is 6.21. The van der Waals surface area contributed by atoms with Crippen LogP contribution < -0.4 is 11.1 Å². The van der Waals surface area contributed by atoms with Gasteiger partial charge >= 0.3 is 0 Å². The zero-order chi connectivity index (χ0) is 18.6. The van der Waals surface area contributed by atoms with Crippen LogP contribution in [0.15, 0.2) is 35.6 Å². The lowest BCUT2D eigenvalue weighted by Crippen LogP contribution is -2.25. The third kappa shape index (κ3) is 4.00. The van der Waals surface area contributed by atoms with Crippen LogP contribution in [0.2, 0.25) is 0 Å². The summed E-state index contributed by atoms with van der Waals surface area (Å²) in [7, 11) is 0. The number of hydrogen-bond donors (Lipinski definition) is 2. The quantitative estimate of drug-likeness (QED) is 0.628. The molecule has 0 bridgehead atoms. The number of ether oxygens (including phenoxy) is 1. The molecule has 0 amide bonds. The number of nitrogens with zero attached hydrogens (tertiary/aromatic N) is 3. The molecule has 6 nitrogen and oxygen atoms in total. The summed E-state index contributed by atoms with van der Waals surface area (Å²) < 4.78 is 7.89. The van der Waals surface area contributed by atoms with Crippen LogP contribution >= 0.6 is 0 Å². The Morgan fingerprint density at radius 2 is 2.26 bits per heavy atom. The molecule has 2 aromatic rings. The Balaban J connectivity index is 1.41. The second-order valence-electron chi connectivity index (χ2n) is 7.47. The normalized spacial score (nSPS) is 22.6.